The van der Waals surface area contributed by atoms with Gasteiger partial charge in [0, 0.05) is 29.3 Å². The number of nitrogens with zero attached hydrogens (tertiary/aromatic N) is 3. The zero-order chi connectivity index (χ0) is 15.5. The van der Waals surface area contributed by atoms with Crippen molar-refractivity contribution in [3.63, 3.8) is 0 Å². The van der Waals surface area contributed by atoms with Gasteiger partial charge in [-0.15, -0.1) is 11.8 Å². The van der Waals surface area contributed by atoms with Crippen molar-refractivity contribution in [2.45, 2.75) is 31.4 Å². The van der Waals surface area contributed by atoms with E-state index in [-0.39, 0.29) is 17.7 Å². The predicted octanol–water partition coefficient (Wildman–Crippen LogP) is 3.97. The minimum absolute atomic E-state index is 0.0532. The fourth-order valence-electron chi connectivity index (χ4n) is 3.14. The van der Waals surface area contributed by atoms with Gasteiger partial charge < -0.3 is 5.11 Å². The molecular formula is C16H16FN3OS. The van der Waals surface area contributed by atoms with Crippen LogP contribution in [-0.2, 0) is 5.75 Å². The number of hydrogen-bond acceptors (Lipinski definition) is 5. The number of aliphatic hydroxyl groups is 1. The third-order valence-electron chi connectivity index (χ3n) is 4.24. The van der Waals surface area contributed by atoms with Gasteiger partial charge in [-0.1, -0.05) is 18.9 Å². The highest BCUT2D eigenvalue weighted by atomic mass is 32.2. The monoisotopic (exact) mass is 317 g/mol. The Morgan fingerprint density at radius 2 is 2.14 bits per heavy atom. The third-order valence-corrected chi connectivity index (χ3v) is 5.39. The molecule has 0 amide bonds. The molecule has 1 fully saturated rings. The number of hydrogen-bond donors (Lipinski definition) is 1. The summed E-state index contributed by atoms with van der Waals surface area (Å²) in [6.07, 6.45) is 5.45. The van der Waals surface area contributed by atoms with Gasteiger partial charge in [0.2, 0.25) is 11.8 Å². The molecular weight excluding hydrogens is 301 g/mol. The number of nitriles is 1. The molecule has 0 radical (unpaired) electrons. The number of pyridine rings is 1. The maximum atomic E-state index is 13.6. The quantitative estimate of drug-likeness (QED) is 0.838. The smallest absolute Gasteiger partial charge is 0.225 e. The van der Waals surface area contributed by atoms with Crippen LogP contribution in [0.4, 0.5) is 4.39 Å². The van der Waals surface area contributed by atoms with E-state index in [0.717, 1.165) is 30.7 Å². The largest absolute Gasteiger partial charge is 0.493 e. The van der Waals surface area contributed by atoms with Crippen LogP contribution in [0.25, 0.3) is 0 Å². The first-order valence-electron chi connectivity index (χ1n) is 7.34. The molecule has 0 aromatic carbocycles. The first-order chi connectivity index (χ1) is 10.7. The summed E-state index contributed by atoms with van der Waals surface area (Å²) >= 11 is 1.43. The van der Waals surface area contributed by atoms with Gasteiger partial charge >= 0.3 is 0 Å². The lowest BCUT2D eigenvalue weighted by Crippen LogP contribution is -2.30. The Bertz CT molecular complexity index is 680. The van der Waals surface area contributed by atoms with Crippen molar-refractivity contribution in [1.29, 1.82) is 5.26 Å². The molecule has 1 aromatic heterocycles. The minimum atomic E-state index is -0.468. The average molecular weight is 317 g/mol. The molecule has 2 heterocycles. The third kappa shape index (κ3) is 2.86. The van der Waals surface area contributed by atoms with Gasteiger partial charge in [0.15, 0.2) is 0 Å². The Kier molecular flexibility index (Phi) is 4.44. The summed E-state index contributed by atoms with van der Waals surface area (Å²) in [4.78, 5) is 7.86. The number of allylic oxidation sites excluding steroid dienone is 1. The Morgan fingerprint density at radius 3 is 2.86 bits per heavy atom. The highest BCUT2D eigenvalue weighted by molar-refractivity contribution is 8.13. The maximum absolute atomic E-state index is 13.6. The van der Waals surface area contributed by atoms with Crippen molar-refractivity contribution in [3.05, 3.63) is 41.3 Å². The standard InChI is InChI=1S/C16H16FN3OS/c17-14-10(4-3-7-19-14)9-22-16-12-6-2-1-5-11(12)13(8-18)15(21)20-16/h3-4,7,11-12,21H,1-2,5-6,9H2. The molecule has 0 bridgehead atoms. The summed E-state index contributed by atoms with van der Waals surface area (Å²) in [6.45, 7) is 0. The Labute approximate surface area is 132 Å². The lowest BCUT2D eigenvalue weighted by Gasteiger charge is -2.34. The van der Waals surface area contributed by atoms with E-state index in [1.807, 2.05) is 0 Å². The molecule has 0 spiro atoms. The predicted molar refractivity (Wildman–Crippen MR) is 83.6 cm³/mol. The van der Waals surface area contributed by atoms with Crippen molar-refractivity contribution in [2.75, 3.05) is 0 Å². The maximum Gasteiger partial charge on any atom is 0.225 e. The molecule has 2 aliphatic rings. The van der Waals surface area contributed by atoms with Crippen molar-refractivity contribution < 1.29 is 9.50 Å². The second-order valence-corrected chi connectivity index (χ2v) is 6.53. The van der Waals surface area contributed by atoms with E-state index < -0.39 is 5.95 Å². The molecule has 3 rings (SSSR count). The number of thioether (sulfide) groups is 1. The molecule has 1 aliphatic carbocycles. The molecule has 2 atom stereocenters. The summed E-state index contributed by atoms with van der Waals surface area (Å²) in [6, 6.07) is 5.51. The molecule has 1 aromatic rings. The minimum Gasteiger partial charge on any atom is -0.493 e. The molecule has 22 heavy (non-hydrogen) atoms. The highest BCUT2D eigenvalue weighted by Crippen LogP contribution is 2.42. The van der Waals surface area contributed by atoms with Crippen molar-refractivity contribution in [2.24, 2.45) is 16.8 Å². The molecule has 2 unspecified atom stereocenters. The van der Waals surface area contributed by atoms with Crippen LogP contribution in [0.1, 0.15) is 31.2 Å². The van der Waals surface area contributed by atoms with Crippen LogP contribution in [0.3, 0.4) is 0 Å². The van der Waals surface area contributed by atoms with Gasteiger partial charge in [-0.05, 0) is 18.9 Å². The summed E-state index contributed by atoms with van der Waals surface area (Å²) in [5.41, 5.74) is 0.929. The van der Waals surface area contributed by atoms with Crippen LogP contribution in [0, 0.1) is 29.1 Å². The second kappa shape index (κ2) is 6.49. The number of aromatic nitrogens is 1. The van der Waals surface area contributed by atoms with E-state index >= 15 is 0 Å². The van der Waals surface area contributed by atoms with E-state index in [4.69, 9.17) is 0 Å². The van der Waals surface area contributed by atoms with E-state index in [1.54, 1.807) is 12.1 Å². The normalized spacial score (nSPS) is 24.5. The molecule has 1 N–H and O–H groups in total. The van der Waals surface area contributed by atoms with E-state index in [2.05, 4.69) is 16.0 Å². The molecule has 114 valence electrons. The zero-order valence-corrected chi connectivity index (χ0v) is 12.8. The van der Waals surface area contributed by atoms with Crippen molar-refractivity contribution in [1.82, 2.24) is 4.98 Å². The Balaban J connectivity index is 1.82. The lowest BCUT2D eigenvalue weighted by atomic mass is 9.75. The topological polar surface area (TPSA) is 69.3 Å². The second-order valence-electron chi connectivity index (χ2n) is 5.54. The SMILES string of the molecule is N#CC1=C(O)N=C(SCc2cccnc2F)C2CCCCC12. The highest BCUT2D eigenvalue weighted by Gasteiger charge is 2.37. The summed E-state index contributed by atoms with van der Waals surface area (Å²) in [5, 5.41) is 20.0. The molecule has 6 heteroatoms. The van der Waals surface area contributed by atoms with Crippen LogP contribution < -0.4 is 0 Å². The Hall–Kier alpha value is -1.87. The fraction of sp³-hybridized carbons (Fsp3) is 0.438. The molecule has 0 saturated heterocycles. The van der Waals surface area contributed by atoms with Crippen LogP contribution >= 0.6 is 11.8 Å². The van der Waals surface area contributed by atoms with Gasteiger partial charge in [0.1, 0.15) is 6.07 Å². The summed E-state index contributed by atoms with van der Waals surface area (Å²) in [7, 11) is 0. The molecule has 4 nitrogen and oxygen atoms in total. The summed E-state index contributed by atoms with van der Waals surface area (Å²) < 4.78 is 13.6. The van der Waals surface area contributed by atoms with Gasteiger partial charge in [0.05, 0.1) is 10.6 Å². The van der Waals surface area contributed by atoms with E-state index in [0.29, 0.717) is 16.9 Å². The van der Waals surface area contributed by atoms with Crippen molar-refractivity contribution in [3.8, 4) is 6.07 Å². The average Bonchev–Trinajstić information content (AvgIpc) is 2.54. The zero-order valence-electron chi connectivity index (χ0n) is 12.0. The van der Waals surface area contributed by atoms with Gasteiger partial charge in [-0.2, -0.15) is 9.65 Å². The number of halogens is 1. The summed E-state index contributed by atoms with van der Waals surface area (Å²) in [5.74, 6) is 0.0158. The number of fused-ring (bicyclic) bond motifs is 1. The molecule has 1 aliphatic heterocycles. The van der Waals surface area contributed by atoms with Gasteiger partial charge in [0.25, 0.3) is 0 Å². The Morgan fingerprint density at radius 1 is 1.36 bits per heavy atom. The van der Waals surface area contributed by atoms with Crippen LogP contribution in [-0.4, -0.2) is 15.1 Å². The van der Waals surface area contributed by atoms with E-state index in [9.17, 15) is 14.8 Å². The van der Waals surface area contributed by atoms with Gasteiger partial charge in [-0.3, -0.25) is 0 Å². The van der Waals surface area contributed by atoms with Crippen molar-refractivity contribution >= 4 is 16.8 Å². The van der Waals surface area contributed by atoms with Crippen LogP contribution in [0.5, 0.6) is 0 Å². The lowest BCUT2D eigenvalue weighted by molar-refractivity contribution is 0.313. The van der Waals surface area contributed by atoms with Gasteiger partial charge in [-0.25, -0.2) is 9.98 Å². The number of aliphatic imine (C=N–C) groups is 1. The number of aliphatic hydroxyl groups excluding tert-OH is 1. The first kappa shape index (κ1) is 15.0. The van der Waals surface area contributed by atoms with Crippen LogP contribution in [0.15, 0.2) is 34.8 Å². The van der Waals surface area contributed by atoms with E-state index in [1.165, 1.54) is 18.0 Å². The van der Waals surface area contributed by atoms with Crippen LogP contribution in [0.2, 0.25) is 0 Å². The molecule has 1 saturated carbocycles. The fourth-order valence-corrected chi connectivity index (χ4v) is 4.30. The number of rotatable bonds is 2. The first-order valence-corrected chi connectivity index (χ1v) is 8.33.